The van der Waals surface area contributed by atoms with E-state index < -0.39 is 18.2 Å². The number of carbonyl (C=O) groups is 2. The van der Waals surface area contributed by atoms with E-state index in [1.807, 2.05) is 48.5 Å². The van der Waals surface area contributed by atoms with E-state index in [2.05, 4.69) is 16.7 Å². The Morgan fingerprint density at radius 2 is 1.88 bits per heavy atom. The van der Waals surface area contributed by atoms with Crippen LogP contribution in [0.3, 0.4) is 0 Å². The fourth-order valence-corrected chi connectivity index (χ4v) is 3.35. The van der Waals surface area contributed by atoms with Gasteiger partial charge in [0.05, 0.1) is 19.2 Å². The maximum Gasteiger partial charge on any atom is 0.490 e. The lowest BCUT2D eigenvalue weighted by Crippen LogP contribution is -2.49. The molecule has 2 atom stereocenters. The van der Waals surface area contributed by atoms with Crippen molar-refractivity contribution in [3.8, 4) is 22.9 Å². The molecule has 1 fully saturated rings. The highest BCUT2D eigenvalue weighted by Gasteiger charge is 2.38. The van der Waals surface area contributed by atoms with E-state index in [9.17, 15) is 23.2 Å². The third-order valence-electron chi connectivity index (χ3n) is 5.14. The number of piperidine rings is 1. The van der Waals surface area contributed by atoms with E-state index in [0.29, 0.717) is 6.42 Å². The van der Waals surface area contributed by atoms with E-state index in [-0.39, 0.29) is 11.9 Å². The summed E-state index contributed by atoms with van der Waals surface area (Å²) in [6.07, 6.45) is -1.61. The van der Waals surface area contributed by atoms with Crippen LogP contribution in [0.4, 0.5) is 13.2 Å². The molecule has 0 bridgehead atoms. The van der Waals surface area contributed by atoms with E-state index in [1.54, 1.807) is 7.11 Å². The smallest absolute Gasteiger partial charge is 0.490 e. The summed E-state index contributed by atoms with van der Waals surface area (Å²) in [5.41, 5.74) is 3.18. The molecule has 10 heteroatoms. The van der Waals surface area contributed by atoms with Gasteiger partial charge in [0.2, 0.25) is 5.91 Å². The van der Waals surface area contributed by atoms with Crippen LogP contribution in [0, 0.1) is 11.3 Å². The Morgan fingerprint density at radius 1 is 1.21 bits per heavy atom. The Bertz CT molecular complexity index is 998. The van der Waals surface area contributed by atoms with Crippen LogP contribution in [0.15, 0.2) is 48.5 Å². The van der Waals surface area contributed by atoms with E-state index >= 15 is 0 Å². The number of nitrogens with one attached hydrogen (secondary N) is 2. The van der Waals surface area contributed by atoms with Crippen molar-refractivity contribution in [1.82, 2.24) is 10.6 Å². The Hall–Kier alpha value is -3.58. The number of aliphatic carboxylic acids is 1. The summed E-state index contributed by atoms with van der Waals surface area (Å²) in [5, 5.41) is 22.6. The molecule has 3 N–H and O–H groups in total. The monoisotopic (exact) mass is 477 g/mol. The predicted molar refractivity (Wildman–Crippen MR) is 119 cm³/mol. The first kappa shape index (κ1) is 26.7. The van der Waals surface area contributed by atoms with Crippen molar-refractivity contribution in [3.05, 3.63) is 54.1 Å². The van der Waals surface area contributed by atoms with Crippen LogP contribution >= 0.6 is 0 Å². The molecule has 0 saturated carbocycles. The normalized spacial score (nSPS) is 16.3. The minimum atomic E-state index is -5.08. The number of ether oxygens (including phenoxy) is 1. The van der Waals surface area contributed by atoms with Crippen LogP contribution in [0.2, 0.25) is 0 Å². The van der Waals surface area contributed by atoms with Gasteiger partial charge in [-0.1, -0.05) is 42.8 Å². The molecular weight excluding hydrogens is 451 g/mol. The first-order chi connectivity index (χ1) is 16.1. The molecule has 1 aliphatic rings. The van der Waals surface area contributed by atoms with Crippen LogP contribution in [0.5, 0.6) is 5.75 Å². The third kappa shape index (κ3) is 8.41. The largest absolute Gasteiger partial charge is 0.497 e. The number of benzene rings is 2. The standard InChI is InChI=1S/C22H25N3O2.C2HF3O2/c1-27-20-6-4-5-18(14-20)17-10-8-16(9-11-17)13-19(15-23)25-22(26)21-7-2-3-12-24-21;3-2(4,5)1(6)7/h4-6,8-11,14,19,21,24H,2-3,7,12-13H2,1H3,(H,25,26);(H,6,7)/t19-,21-;/m0./s1. The first-order valence-electron chi connectivity index (χ1n) is 10.6. The van der Waals surface area contributed by atoms with Gasteiger partial charge in [-0.15, -0.1) is 0 Å². The number of carbonyl (C=O) groups excluding carboxylic acids is 1. The van der Waals surface area contributed by atoms with Crippen molar-refractivity contribution in [3.63, 3.8) is 0 Å². The second kappa shape index (κ2) is 12.6. The first-order valence-corrected chi connectivity index (χ1v) is 10.6. The highest BCUT2D eigenvalue weighted by Crippen LogP contribution is 2.24. The molecule has 0 radical (unpaired) electrons. The van der Waals surface area contributed by atoms with Crippen LogP contribution in [0.1, 0.15) is 24.8 Å². The van der Waals surface area contributed by atoms with Gasteiger partial charge in [-0.25, -0.2) is 4.79 Å². The van der Waals surface area contributed by atoms with Crippen molar-refractivity contribution in [2.45, 2.75) is 43.9 Å². The van der Waals surface area contributed by atoms with Crippen molar-refractivity contribution in [2.24, 2.45) is 0 Å². The lowest BCUT2D eigenvalue weighted by Gasteiger charge is -2.23. The molecule has 0 spiro atoms. The summed E-state index contributed by atoms with van der Waals surface area (Å²) in [4.78, 5) is 21.2. The van der Waals surface area contributed by atoms with Crippen LogP contribution in [-0.4, -0.2) is 48.9 Å². The lowest BCUT2D eigenvalue weighted by atomic mass is 10.00. The molecule has 2 aromatic rings. The van der Waals surface area contributed by atoms with Crippen molar-refractivity contribution >= 4 is 11.9 Å². The van der Waals surface area contributed by atoms with Gasteiger partial charge in [0.15, 0.2) is 0 Å². The Balaban J connectivity index is 0.000000509. The minimum absolute atomic E-state index is 0.0748. The molecule has 1 heterocycles. The molecule has 0 unspecified atom stereocenters. The Labute approximate surface area is 195 Å². The van der Waals surface area contributed by atoms with Crippen molar-refractivity contribution < 1.29 is 32.6 Å². The van der Waals surface area contributed by atoms with Gasteiger partial charge >= 0.3 is 12.1 Å². The number of carboxylic acid groups (broad SMARTS) is 1. The number of carboxylic acids is 1. The average molecular weight is 477 g/mol. The molecule has 2 aromatic carbocycles. The number of hydrogen-bond acceptors (Lipinski definition) is 5. The zero-order valence-electron chi connectivity index (χ0n) is 18.6. The number of alkyl halides is 3. The molecule has 1 saturated heterocycles. The maximum atomic E-state index is 12.3. The molecule has 0 aromatic heterocycles. The summed E-state index contributed by atoms with van der Waals surface area (Å²) in [7, 11) is 1.65. The quantitative estimate of drug-likeness (QED) is 0.585. The van der Waals surface area contributed by atoms with Crippen molar-refractivity contribution in [2.75, 3.05) is 13.7 Å². The van der Waals surface area contributed by atoms with Crippen LogP contribution in [0.25, 0.3) is 11.1 Å². The number of rotatable bonds is 6. The van der Waals surface area contributed by atoms with E-state index in [0.717, 1.165) is 48.2 Å². The zero-order chi connectivity index (χ0) is 25.1. The number of halogens is 3. The summed E-state index contributed by atoms with van der Waals surface area (Å²) >= 11 is 0. The Morgan fingerprint density at radius 3 is 2.41 bits per heavy atom. The van der Waals surface area contributed by atoms with Gasteiger partial charge in [0.1, 0.15) is 11.8 Å². The fraction of sp³-hybridized carbons (Fsp3) is 0.375. The average Bonchev–Trinajstić information content (AvgIpc) is 2.84. The molecule has 1 amide bonds. The highest BCUT2D eigenvalue weighted by molar-refractivity contribution is 5.82. The molecule has 1 aliphatic heterocycles. The van der Waals surface area contributed by atoms with Gasteiger partial charge in [-0.3, -0.25) is 4.79 Å². The van der Waals surface area contributed by atoms with Gasteiger partial charge in [0.25, 0.3) is 0 Å². The summed E-state index contributed by atoms with van der Waals surface area (Å²) < 4.78 is 37.0. The lowest BCUT2D eigenvalue weighted by molar-refractivity contribution is -0.192. The fourth-order valence-electron chi connectivity index (χ4n) is 3.35. The molecule has 3 rings (SSSR count). The Kier molecular flexibility index (Phi) is 9.89. The molecular formula is C24H26F3N3O4. The number of amides is 1. The molecule has 0 aliphatic carbocycles. The van der Waals surface area contributed by atoms with E-state index in [1.165, 1.54) is 0 Å². The van der Waals surface area contributed by atoms with Gasteiger partial charge in [0, 0.05) is 6.42 Å². The number of nitrogens with zero attached hydrogens (tertiary/aromatic N) is 1. The van der Waals surface area contributed by atoms with Crippen molar-refractivity contribution in [1.29, 1.82) is 5.26 Å². The van der Waals surface area contributed by atoms with Gasteiger partial charge in [-0.05, 0) is 48.2 Å². The number of nitriles is 1. The second-order valence-electron chi connectivity index (χ2n) is 7.63. The highest BCUT2D eigenvalue weighted by atomic mass is 19.4. The van der Waals surface area contributed by atoms with Gasteiger partial charge < -0.3 is 20.5 Å². The maximum absolute atomic E-state index is 12.3. The zero-order valence-corrected chi connectivity index (χ0v) is 18.6. The SMILES string of the molecule is COc1cccc(-c2ccc(C[C@@H](C#N)NC(=O)[C@@H]3CCCCN3)cc2)c1.O=C(O)C(F)(F)F. The molecule has 34 heavy (non-hydrogen) atoms. The number of methoxy groups -OCH3 is 1. The third-order valence-corrected chi connectivity index (χ3v) is 5.14. The second-order valence-corrected chi connectivity index (χ2v) is 7.63. The topological polar surface area (TPSA) is 111 Å². The van der Waals surface area contributed by atoms with Gasteiger partial charge in [-0.2, -0.15) is 18.4 Å². The summed E-state index contributed by atoms with van der Waals surface area (Å²) in [5.74, 6) is -2.01. The predicted octanol–water partition coefficient (Wildman–Crippen LogP) is 3.69. The summed E-state index contributed by atoms with van der Waals surface area (Å²) in [6, 6.07) is 17.5. The van der Waals surface area contributed by atoms with Crippen LogP contribution in [-0.2, 0) is 16.0 Å². The summed E-state index contributed by atoms with van der Waals surface area (Å²) in [6.45, 7) is 0.862. The molecule has 7 nitrogen and oxygen atoms in total. The number of hydrogen-bond donors (Lipinski definition) is 3. The van der Waals surface area contributed by atoms with E-state index in [4.69, 9.17) is 14.6 Å². The van der Waals surface area contributed by atoms with Crippen LogP contribution < -0.4 is 15.4 Å². The molecule has 182 valence electrons. The minimum Gasteiger partial charge on any atom is -0.497 e.